The van der Waals surface area contributed by atoms with Gasteiger partial charge in [0, 0.05) is 5.69 Å². The molecular formula is C16H14N2O2. The van der Waals surface area contributed by atoms with Crippen molar-refractivity contribution in [1.82, 2.24) is 0 Å². The van der Waals surface area contributed by atoms with Crippen LogP contribution in [0.3, 0.4) is 0 Å². The van der Waals surface area contributed by atoms with E-state index in [9.17, 15) is 4.79 Å². The average Bonchev–Trinajstić information content (AvgIpc) is 2.47. The lowest BCUT2D eigenvalue weighted by atomic mass is 10.1. The highest BCUT2D eigenvalue weighted by molar-refractivity contribution is 5.92. The van der Waals surface area contributed by atoms with Crippen molar-refractivity contribution in [1.29, 1.82) is 5.26 Å². The number of benzene rings is 2. The second-order valence-electron chi connectivity index (χ2n) is 4.46. The number of anilines is 1. The first-order chi connectivity index (χ1) is 9.60. The van der Waals surface area contributed by atoms with E-state index in [1.807, 2.05) is 13.0 Å². The van der Waals surface area contributed by atoms with Gasteiger partial charge in [-0.1, -0.05) is 18.2 Å². The molecule has 0 atom stereocenters. The summed E-state index contributed by atoms with van der Waals surface area (Å²) in [5, 5.41) is 8.70. The zero-order valence-electron chi connectivity index (χ0n) is 11.1. The first-order valence-corrected chi connectivity index (χ1v) is 6.12. The van der Waals surface area contributed by atoms with Gasteiger partial charge >= 0.3 is 5.97 Å². The molecule has 0 fully saturated rings. The molecule has 20 heavy (non-hydrogen) atoms. The van der Waals surface area contributed by atoms with Crippen molar-refractivity contribution < 1.29 is 9.53 Å². The van der Waals surface area contributed by atoms with E-state index >= 15 is 0 Å². The van der Waals surface area contributed by atoms with Gasteiger partial charge in [-0.25, -0.2) is 4.79 Å². The molecule has 2 aromatic rings. The molecule has 0 unspecified atom stereocenters. The van der Waals surface area contributed by atoms with Crippen LogP contribution in [0.4, 0.5) is 5.69 Å². The van der Waals surface area contributed by atoms with Gasteiger partial charge in [0.2, 0.25) is 0 Å². The number of esters is 1. The Labute approximate surface area is 117 Å². The summed E-state index contributed by atoms with van der Waals surface area (Å²) >= 11 is 0. The molecule has 0 radical (unpaired) electrons. The maximum atomic E-state index is 12.0. The molecular weight excluding hydrogens is 252 g/mol. The molecule has 4 heteroatoms. The number of hydrogen-bond donors (Lipinski definition) is 1. The molecule has 2 aromatic carbocycles. The van der Waals surface area contributed by atoms with E-state index in [4.69, 9.17) is 15.7 Å². The Morgan fingerprint density at radius 3 is 2.60 bits per heavy atom. The predicted octanol–water partition coefficient (Wildman–Crippen LogP) is 2.81. The number of hydrogen-bond acceptors (Lipinski definition) is 4. The predicted molar refractivity (Wildman–Crippen MR) is 75.9 cm³/mol. The highest BCUT2D eigenvalue weighted by atomic mass is 16.5. The summed E-state index contributed by atoms with van der Waals surface area (Å²) in [5.74, 6) is -0.404. The molecule has 0 aliphatic rings. The monoisotopic (exact) mass is 266 g/mol. The van der Waals surface area contributed by atoms with E-state index in [1.54, 1.807) is 42.5 Å². The smallest absolute Gasteiger partial charge is 0.338 e. The third kappa shape index (κ3) is 3.15. The lowest BCUT2D eigenvalue weighted by Crippen LogP contribution is -2.07. The number of carbonyl (C=O) groups is 1. The normalized spacial score (nSPS) is 9.80. The van der Waals surface area contributed by atoms with Crippen LogP contribution in [0, 0.1) is 18.3 Å². The Morgan fingerprint density at radius 2 is 1.95 bits per heavy atom. The molecule has 0 aromatic heterocycles. The van der Waals surface area contributed by atoms with Crippen LogP contribution in [0.1, 0.15) is 27.0 Å². The lowest BCUT2D eigenvalue weighted by Gasteiger charge is -2.08. The minimum absolute atomic E-state index is 0.165. The fraction of sp³-hybridized carbons (Fsp3) is 0.125. The maximum absolute atomic E-state index is 12.0. The van der Waals surface area contributed by atoms with Gasteiger partial charge < -0.3 is 10.5 Å². The molecule has 0 aliphatic carbocycles. The SMILES string of the molecule is Cc1ccc(N)cc1C(=O)OCc1ccc(C#N)cc1. The van der Waals surface area contributed by atoms with Crippen LogP contribution in [0.25, 0.3) is 0 Å². The number of ether oxygens (including phenoxy) is 1. The third-order valence-corrected chi connectivity index (χ3v) is 2.93. The summed E-state index contributed by atoms with van der Waals surface area (Å²) in [6, 6.07) is 14.1. The molecule has 100 valence electrons. The second-order valence-corrected chi connectivity index (χ2v) is 4.46. The standard InChI is InChI=1S/C16H14N2O2/c1-11-2-7-14(18)8-15(11)16(19)20-10-13-5-3-12(9-17)4-6-13/h2-8H,10,18H2,1H3. The van der Waals surface area contributed by atoms with Gasteiger partial charge in [-0.2, -0.15) is 5.26 Å². The van der Waals surface area contributed by atoms with Crippen LogP contribution < -0.4 is 5.73 Å². The minimum Gasteiger partial charge on any atom is -0.457 e. The molecule has 0 saturated heterocycles. The highest BCUT2D eigenvalue weighted by Gasteiger charge is 2.11. The number of nitriles is 1. The summed E-state index contributed by atoms with van der Waals surface area (Å²) in [7, 11) is 0. The number of rotatable bonds is 3. The van der Waals surface area contributed by atoms with Crippen molar-refractivity contribution in [2.24, 2.45) is 0 Å². The molecule has 0 heterocycles. The van der Waals surface area contributed by atoms with Gasteiger partial charge in [0.05, 0.1) is 17.2 Å². The molecule has 0 amide bonds. The Kier molecular flexibility index (Phi) is 4.02. The van der Waals surface area contributed by atoms with Crippen molar-refractivity contribution in [2.75, 3.05) is 5.73 Å². The van der Waals surface area contributed by atoms with Crippen LogP contribution in [-0.2, 0) is 11.3 Å². The van der Waals surface area contributed by atoms with Gasteiger partial charge in [-0.3, -0.25) is 0 Å². The number of nitrogen functional groups attached to an aromatic ring is 1. The quantitative estimate of drug-likeness (QED) is 0.684. The van der Waals surface area contributed by atoms with Gasteiger partial charge in [-0.15, -0.1) is 0 Å². The van der Waals surface area contributed by atoms with E-state index in [2.05, 4.69) is 0 Å². The van der Waals surface area contributed by atoms with Crippen molar-refractivity contribution >= 4 is 11.7 Å². The van der Waals surface area contributed by atoms with Crippen LogP contribution in [0.2, 0.25) is 0 Å². The van der Waals surface area contributed by atoms with Crippen molar-refractivity contribution in [2.45, 2.75) is 13.5 Å². The Hall–Kier alpha value is -2.80. The summed E-state index contributed by atoms with van der Waals surface area (Å²) in [4.78, 5) is 12.0. The largest absolute Gasteiger partial charge is 0.457 e. The van der Waals surface area contributed by atoms with Crippen molar-refractivity contribution in [3.63, 3.8) is 0 Å². The third-order valence-electron chi connectivity index (χ3n) is 2.93. The zero-order valence-corrected chi connectivity index (χ0v) is 11.1. The fourth-order valence-corrected chi connectivity index (χ4v) is 1.76. The topological polar surface area (TPSA) is 76.1 Å². The summed E-state index contributed by atoms with van der Waals surface area (Å²) in [6.07, 6.45) is 0. The summed E-state index contributed by atoms with van der Waals surface area (Å²) in [6.45, 7) is 2.00. The van der Waals surface area contributed by atoms with Crippen molar-refractivity contribution in [3.8, 4) is 6.07 Å². The highest BCUT2D eigenvalue weighted by Crippen LogP contribution is 2.15. The summed E-state index contributed by atoms with van der Waals surface area (Å²) < 4.78 is 5.25. The molecule has 0 aliphatic heterocycles. The Morgan fingerprint density at radius 1 is 1.25 bits per heavy atom. The van der Waals surface area contributed by atoms with Gasteiger partial charge in [0.25, 0.3) is 0 Å². The van der Waals surface area contributed by atoms with Crippen LogP contribution >= 0.6 is 0 Å². The molecule has 0 spiro atoms. The number of nitrogens with zero attached hydrogens (tertiary/aromatic N) is 1. The molecule has 4 nitrogen and oxygen atoms in total. The average molecular weight is 266 g/mol. The van der Waals surface area contributed by atoms with Crippen LogP contribution in [0.5, 0.6) is 0 Å². The van der Waals surface area contributed by atoms with E-state index in [0.717, 1.165) is 11.1 Å². The Bertz CT molecular complexity index is 670. The molecule has 2 N–H and O–H groups in total. The minimum atomic E-state index is -0.404. The molecule has 2 rings (SSSR count). The number of nitrogens with two attached hydrogens (primary N) is 1. The van der Waals surface area contributed by atoms with E-state index in [-0.39, 0.29) is 6.61 Å². The van der Waals surface area contributed by atoms with Crippen LogP contribution in [-0.4, -0.2) is 5.97 Å². The van der Waals surface area contributed by atoms with E-state index in [0.29, 0.717) is 16.8 Å². The Balaban J connectivity index is 2.04. The lowest BCUT2D eigenvalue weighted by molar-refractivity contribution is 0.0472. The van der Waals surface area contributed by atoms with Gasteiger partial charge in [-0.05, 0) is 42.3 Å². The number of carbonyl (C=O) groups excluding carboxylic acids is 1. The second kappa shape index (κ2) is 5.89. The fourth-order valence-electron chi connectivity index (χ4n) is 1.76. The number of aryl methyl sites for hydroxylation is 1. The van der Waals surface area contributed by atoms with Crippen molar-refractivity contribution in [3.05, 3.63) is 64.7 Å². The molecule has 0 bridgehead atoms. The first kappa shape index (κ1) is 13.6. The van der Waals surface area contributed by atoms with Crippen LogP contribution in [0.15, 0.2) is 42.5 Å². The van der Waals surface area contributed by atoms with Gasteiger partial charge in [0.15, 0.2) is 0 Å². The zero-order chi connectivity index (χ0) is 14.5. The maximum Gasteiger partial charge on any atom is 0.338 e. The summed E-state index contributed by atoms with van der Waals surface area (Å²) in [5.41, 5.74) is 8.90. The van der Waals surface area contributed by atoms with E-state index in [1.165, 1.54) is 0 Å². The van der Waals surface area contributed by atoms with Gasteiger partial charge in [0.1, 0.15) is 6.61 Å². The molecule has 0 saturated carbocycles. The van der Waals surface area contributed by atoms with E-state index < -0.39 is 5.97 Å². The first-order valence-electron chi connectivity index (χ1n) is 6.12.